The molecule has 1 fully saturated rings. The lowest BCUT2D eigenvalue weighted by Crippen LogP contribution is -2.56. The Labute approximate surface area is 103 Å². The molecule has 4 nitrogen and oxygen atoms in total. The zero-order valence-electron chi connectivity index (χ0n) is 8.94. The van der Waals surface area contributed by atoms with Gasteiger partial charge in [0.05, 0.1) is 30.5 Å². The number of nitrogens with zero attached hydrogens (tertiary/aromatic N) is 1. The maximum atomic E-state index is 10.8. The number of hydrogen-bond donors (Lipinski definition) is 1. The zero-order valence-corrected chi connectivity index (χ0v) is 10.5. The van der Waals surface area contributed by atoms with E-state index in [9.17, 15) is 4.79 Å². The van der Waals surface area contributed by atoms with Gasteiger partial charge >= 0.3 is 0 Å². The maximum Gasteiger partial charge on any atom is 0.139 e. The minimum atomic E-state index is -0.409. The molecule has 0 aromatic carbocycles. The lowest BCUT2D eigenvalue weighted by molar-refractivity contribution is -0.114. The fourth-order valence-corrected chi connectivity index (χ4v) is 2.16. The minimum absolute atomic E-state index is 0.264. The van der Waals surface area contributed by atoms with Gasteiger partial charge in [0.2, 0.25) is 0 Å². The monoisotopic (exact) mass is 284 g/mol. The maximum absolute atomic E-state index is 10.8. The number of hydrogen-bond acceptors (Lipinski definition) is 4. The third-order valence-electron chi connectivity index (χ3n) is 2.64. The van der Waals surface area contributed by atoms with Crippen molar-refractivity contribution in [2.45, 2.75) is 18.5 Å². The first-order valence-electron chi connectivity index (χ1n) is 5.08. The summed E-state index contributed by atoms with van der Waals surface area (Å²) in [4.78, 5) is 15.2. The molecule has 0 amide bonds. The molecule has 1 aromatic rings. The van der Waals surface area contributed by atoms with Crippen LogP contribution in [0.1, 0.15) is 12.6 Å². The van der Waals surface area contributed by atoms with E-state index in [1.165, 1.54) is 0 Å². The summed E-state index contributed by atoms with van der Waals surface area (Å²) in [5.74, 6) is 0. The Morgan fingerprint density at radius 1 is 1.69 bits per heavy atom. The van der Waals surface area contributed by atoms with E-state index in [4.69, 9.17) is 4.74 Å². The summed E-state index contributed by atoms with van der Waals surface area (Å²) in [6.07, 6.45) is 0.870. The summed E-state index contributed by atoms with van der Waals surface area (Å²) in [6.45, 7) is 2.92. The number of rotatable bonds is 2. The highest BCUT2D eigenvalue weighted by Crippen LogP contribution is 2.24. The zero-order chi connectivity index (χ0) is 11.6. The highest BCUT2D eigenvalue weighted by Gasteiger charge is 2.34. The van der Waals surface area contributed by atoms with E-state index in [-0.39, 0.29) is 6.04 Å². The van der Waals surface area contributed by atoms with E-state index in [1.807, 2.05) is 25.1 Å². The molecule has 0 aliphatic carbocycles. The lowest BCUT2D eigenvalue weighted by atomic mass is 9.95. The number of aromatic nitrogens is 1. The van der Waals surface area contributed by atoms with Crippen LogP contribution in [-0.2, 0) is 15.1 Å². The van der Waals surface area contributed by atoms with Crippen molar-refractivity contribution in [3.05, 3.63) is 28.5 Å². The molecular weight excluding hydrogens is 272 g/mol. The highest BCUT2D eigenvalue weighted by atomic mass is 79.9. The summed E-state index contributed by atoms with van der Waals surface area (Å²) in [5, 5.41) is 3.25. The number of nitrogens with one attached hydrogen (secondary N) is 1. The molecule has 0 saturated carbocycles. The van der Waals surface area contributed by atoms with Gasteiger partial charge in [0.25, 0.3) is 0 Å². The van der Waals surface area contributed by atoms with E-state index < -0.39 is 5.54 Å². The van der Waals surface area contributed by atoms with Crippen molar-refractivity contribution in [2.75, 3.05) is 13.2 Å². The van der Waals surface area contributed by atoms with Crippen molar-refractivity contribution >= 4 is 22.2 Å². The third kappa shape index (κ3) is 2.31. The average molecular weight is 285 g/mol. The van der Waals surface area contributed by atoms with Gasteiger partial charge in [-0.3, -0.25) is 5.32 Å². The van der Waals surface area contributed by atoms with Crippen LogP contribution < -0.4 is 5.32 Å². The van der Waals surface area contributed by atoms with Gasteiger partial charge in [-0.15, -0.1) is 0 Å². The molecule has 1 aromatic heterocycles. The van der Waals surface area contributed by atoms with Gasteiger partial charge < -0.3 is 9.53 Å². The van der Waals surface area contributed by atoms with Gasteiger partial charge in [0.15, 0.2) is 0 Å². The molecule has 0 bridgehead atoms. The smallest absolute Gasteiger partial charge is 0.139 e. The van der Waals surface area contributed by atoms with Crippen LogP contribution in [-0.4, -0.2) is 30.5 Å². The van der Waals surface area contributed by atoms with Crippen molar-refractivity contribution in [3.63, 3.8) is 0 Å². The molecule has 1 saturated heterocycles. The van der Waals surface area contributed by atoms with Crippen molar-refractivity contribution in [2.24, 2.45) is 0 Å². The number of pyridine rings is 1. The van der Waals surface area contributed by atoms with Gasteiger partial charge in [0, 0.05) is 0 Å². The Bertz CT molecular complexity index is 399. The molecule has 2 rings (SSSR count). The van der Waals surface area contributed by atoms with E-state index in [1.54, 1.807) is 0 Å². The second-order valence-corrected chi connectivity index (χ2v) is 4.89. The molecule has 2 atom stereocenters. The van der Waals surface area contributed by atoms with E-state index in [0.717, 1.165) is 16.6 Å². The molecule has 0 spiro atoms. The van der Waals surface area contributed by atoms with Crippen LogP contribution in [0.15, 0.2) is 22.8 Å². The van der Waals surface area contributed by atoms with Crippen molar-refractivity contribution in [1.82, 2.24) is 10.3 Å². The Morgan fingerprint density at radius 2 is 2.50 bits per heavy atom. The van der Waals surface area contributed by atoms with Crippen LogP contribution in [0, 0.1) is 0 Å². The number of carbonyl (C=O) groups excluding carboxylic acids is 1. The third-order valence-corrected chi connectivity index (χ3v) is 3.08. The van der Waals surface area contributed by atoms with Crippen LogP contribution in [0.25, 0.3) is 0 Å². The number of ether oxygens (including phenoxy) is 1. The largest absolute Gasteiger partial charge is 0.377 e. The van der Waals surface area contributed by atoms with Gasteiger partial charge in [-0.25, -0.2) is 4.98 Å². The minimum Gasteiger partial charge on any atom is -0.377 e. The molecule has 2 unspecified atom stereocenters. The Balaban J connectivity index is 2.27. The Hall–Kier alpha value is -0.780. The van der Waals surface area contributed by atoms with E-state index in [0.29, 0.717) is 13.2 Å². The molecule has 1 N–H and O–H groups in total. The predicted octanol–water partition coefficient (Wildman–Crippen LogP) is 1.25. The second-order valence-electron chi connectivity index (χ2n) is 4.08. The van der Waals surface area contributed by atoms with Crippen LogP contribution in [0.2, 0.25) is 0 Å². The number of aldehydes is 1. The Kier molecular flexibility index (Phi) is 3.37. The fraction of sp³-hybridized carbons (Fsp3) is 0.455. The predicted molar refractivity (Wildman–Crippen MR) is 63.1 cm³/mol. The lowest BCUT2D eigenvalue weighted by Gasteiger charge is -2.37. The molecule has 0 radical (unpaired) electrons. The van der Waals surface area contributed by atoms with Crippen LogP contribution in [0.5, 0.6) is 0 Å². The average Bonchev–Trinajstić information content (AvgIpc) is 2.29. The number of morpholine rings is 1. The van der Waals surface area contributed by atoms with E-state index >= 15 is 0 Å². The highest BCUT2D eigenvalue weighted by molar-refractivity contribution is 9.10. The molecule has 2 heterocycles. The van der Waals surface area contributed by atoms with Crippen LogP contribution in [0.3, 0.4) is 0 Å². The summed E-state index contributed by atoms with van der Waals surface area (Å²) >= 11 is 3.34. The summed E-state index contributed by atoms with van der Waals surface area (Å²) in [6, 6.07) is 5.45. The molecular formula is C11H13BrN2O2. The van der Waals surface area contributed by atoms with Crippen LogP contribution in [0.4, 0.5) is 0 Å². The Morgan fingerprint density at radius 3 is 3.19 bits per heavy atom. The number of carbonyl (C=O) groups is 1. The standard InChI is InChI=1S/C11H13BrN2O2/c1-11(7-16-6-8(5-15)14-11)9-3-2-4-10(12)13-9/h2-5,8,14H,6-7H2,1H3. The van der Waals surface area contributed by atoms with E-state index in [2.05, 4.69) is 26.2 Å². The molecule has 1 aliphatic heterocycles. The quantitative estimate of drug-likeness (QED) is 0.656. The molecule has 86 valence electrons. The first kappa shape index (κ1) is 11.7. The topological polar surface area (TPSA) is 51.2 Å². The summed E-state index contributed by atoms with van der Waals surface area (Å²) < 4.78 is 6.21. The normalized spacial score (nSPS) is 30.0. The first-order valence-corrected chi connectivity index (χ1v) is 5.87. The first-order chi connectivity index (χ1) is 7.64. The molecule has 16 heavy (non-hydrogen) atoms. The number of halogens is 1. The van der Waals surface area contributed by atoms with Gasteiger partial charge in [-0.1, -0.05) is 6.07 Å². The van der Waals surface area contributed by atoms with Crippen molar-refractivity contribution < 1.29 is 9.53 Å². The fourth-order valence-electron chi connectivity index (χ4n) is 1.82. The van der Waals surface area contributed by atoms with Gasteiger partial charge in [-0.05, 0) is 35.0 Å². The summed E-state index contributed by atoms with van der Waals surface area (Å²) in [5.41, 5.74) is 0.460. The SMILES string of the molecule is CC1(c2cccc(Br)n2)COCC(C=O)N1. The second kappa shape index (κ2) is 4.61. The summed E-state index contributed by atoms with van der Waals surface area (Å²) in [7, 11) is 0. The van der Waals surface area contributed by atoms with Crippen molar-refractivity contribution in [1.29, 1.82) is 0 Å². The van der Waals surface area contributed by atoms with Crippen LogP contribution >= 0.6 is 15.9 Å². The molecule has 1 aliphatic rings. The molecule has 5 heteroatoms. The van der Waals surface area contributed by atoms with Gasteiger partial charge in [-0.2, -0.15) is 0 Å². The van der Waals surface area contributed by atoms with Crippen molar-refractivity contribution in [3.8, 4) is 0 Å². The van der Waals surface area contributed by atoms with Gasteiger partial charge in [0.1, 0.15) is 10.9 Å².